The van der Waals surface area contributed by atoms with E-state index in [-0.39, 0.29) is 11.4 Å². The highest BCUT2D eigenvalue weighted by atomic mass is 16.4. The lowest BCUT2D eigenvalue weighted by Gasteiger charge is -1.92. The van der Waals surface area contributed by atoms with Crippen molar-refractivity contribution in [1.82, 2.24) is 0 Å². The first-order valence-electron chi connectivity index (χ1n) is 4.83. The Hall–Kier alpha value is -1.71. The molecule has 0 radical (unpaired) electrons. The maximum absolute atomic E-state index is 10.3. The Morgan fingerprint density at radius 1 is 1.40 bits per heavy atom. The van der Waals surface area contributed by atoms with Gasteiger partial charge in [-0.15, -0.1) is 0 Å². The van der Waals surface area contributed by atoms with Crippen molar-refractivity contribution in [1.29, 1.82) is 0 Å². The van der Waals surface area contributed by atoms with Crippen LogP contribution in [0.25, 0.3) is 0 Å². The van der Waals surface area contributed by atoms with Crippen LogP contribution in [0, 0.1) is 0 Å². The average molecular weight is 210 g/mol. The Kier molecular flexibility index (Phi) is 12.9. The van der Waals surface area contributed by atoms with Crippen molar-refractivity contribution in [2.24, 2.45) is 10.1 Å². The topological polar surface area (TPSA) is 62.0 Å². The molecule has 0 saturated heterocycles. The minimum Gasteiger partial charge on any atom is -0.410 e. The average Bonchev–Trinajstić information content (AvgIpc) is 2.31. The standard InChI is InChI=1S/C9H12N2O2.C2H6/c1-3-5-6-10-8(4-2)9(7-12)11-13;1-2/h4-7,13H,2-3H2,1H3;1-2H3/b6-5-,10-8-,11-9+;. The first-order valence-corrected chi connectivity index (χ1v) is 4.83. The van der Waals surface area contributed by atoms with E-state index in [1.54, 1.807) is 0 Å². The number of rotatable bonds is 5. The van der Waals surface area contributed by atoms with Crippen LogP contribution in [0.1, 0.15) is 27.2 Å². The SMILES string of the molecule is C=CC(=N/C=C\CC)/C(C=O)=N/O.CC. The highest BCUT2D eigenvalue weighted by molar-refractivity contribution is 6.64. The number of aldehydes is 1. The van der Waals surface area contributed by atoms with Gasteiger partial charge < -0.3 is 5.21 Å². The van der Waals surface area contributed by atoms with E-state index in [0.717, 1.165) is 6.42 Å². The van der Waals surface area contributed by atoms with E-state index in [2.05, 4.69) is 16.7 Å². The van der Waals surface area contributed by atoms with Gasteiger partial charge in [-0.2, -0.15) is 0 Å². The Balaban J connectivity index is 0. The van der Waals surface area contributed by atoms with Gasteiger partial charge in [0.25, 0.3) is 0 Å². The predicted octanol–water partition coefficient (Wildman–Crippen LogP) is 2.59. The Morgan fingerprint density at radius 3 is 2.33 bits per heavy atom. The fraction of sp³-hybridized carbons (Fsp3) is 0.364. The molecule has 0 unspecified atom stereocenters. The maximum atomic E-state index is 10.3. The van der Waals surface area contributed by atoms with Crippen LogP contribution in [0.2, 0.25) is 0 Å². The van der Waals surface area contributed by atoms with Crippen LogP contribution in [0.4, 0.5) is 0 Å². The number of hydrogen-bond acceptors (Lipinski definition) is 4. The van der Waals surface area contributed by atoms with Gasteiger partial charge in [0, 0.05) is 6.20 Å². The van der Waals surface area contributed by atoms with Crippen molar-refractivity contribution in [2.45, 2.75) is 27.2 Å². The molecule has 0 saturated carbocycles. The molecule has 0 aromatic rings. The van der Waals surface area contributed by atoms with Crippen molar-refractivity contribution >= 4 is 17.7 Å². The van der Waals surface area contributed by atoms with Crippen molar-refractivity contribution < 1.29 is 10.0 Å². The zero-order chi connectivity index (χ0) is 12.1. The second-order valence-corrected chi connectivity index (χ2v) is 2.11. The highest BCUT2D eigenvalue weighted by Crippen LogP contribution is 1.88. The first kappa shape index (κ1) is 15.7. The molecule has 84 valence electrons. The number of nitrogens with zero attached hydrogens (tertiary/aromatic N) is 2. The second-order valence-electron chi connectivity index (χ2n) is 2.11. The molecule has 0 amide bonds. The molecule has 0 atom stereocenters. The minimum atomic E-state index is -0.129. The molecule has 0 aromatic carbocycles. The number of hydrogen-bond donors (Lipinski definition) is 1. The number of allylic oxidation sites excluding steroid dienone is 2. The monoisotopic (exact) mass is 210 g/mol. The van der Waals surface area contributed by atoms with Crippen LogP contribution in [-0.2, 0) is 4.79 Å². The zero-order valence-electron chi connectivity index (χ0n) is 9.47. The number of carbonyl (C=O) groups is 1. The maximum Gasteiger partial charge on any atom is 0.174 e. The molecule has 0 spiro atoms. The van der Waals surface area contributed by atoms with Crippen molar-refractivity contribution in [3.05, 3.63) is 24.9 Å². The quantitative estimate of drug-likeness (QED) is 0.328. The minimum absolute atomic E-state index is 0.129. The fourth-order valence-corrected chi connectivity index (χ4v) is 0.597. The van der Waals surface area contributed by atoms with Gasteiger partial charge >= 0.3 is 0 Å². The molecule has 4 nitrogen and oxygen atoms in total. The van der Waals surface area contributed by atoms with E-state index in [4.69, 9.17) is 5.21 Å². The third kappa shape index (κ3) is 7.37. The van der Waals surface area contributed by atoms with Gasteiger partial charge in [-0.3, -0.25) is 9.79 Å². The molecule has 4 heteroatoms. The molecular weight excluding hydrogens is 192 g/mol. The summed E-state index contributed by atoms with van der Waals surface area (Å²) in [6.45, 7) is 9.40. The van der Waals surface area contributed by atoms with Crippen molar-refractivity contribution in [3.8, 4) is 0 Å². The van der Waals surface area contributed by atoms with Crippen molar-refractivity contribution in [3.63, 3.8) is 0 Å². The molecule has 0 aromatic heterocycles. The zero-order valence-corrected chi connectivity index (χ0v) is 9.47. The molecule has 0 bridgehead atoms. The Labute approximate surface area is 90.7 Å². The molecule has 0 aliphatic rings. The third-order valence-electron chi connectivity index (χ3n) is 1.23. The summed E-state index contributed by atoms with van der Waals surface area (Å²) in [6, 6.07) is 0. The van der Waals surface area contributed by atoms with E-state index in [1.807, 2.05) is 26.8 Å². The predicted molar refractivity (Wildman–Crippen MR) is 63.7 cm³/mol. The summed E-state index contributed by atoms with van der Waals surface area (Å²) in [5.41, 5.74) is 0.123. The molecule has 1 N–H and O–H groups in total. The number of oxime groups is 1. The molecule has 0 fully saturated rings. The van der Waals surface area contributed by atoms with Crippen LogP contribution in [-0.4, -0.2) is 22.9 Å². The smallest absolute Gasteiger partial charge is 0.174 e. The molecule has 0 rings (SSSR count). The summed E-state index contributed by atoms with van der Waals surface area (Å²) < 4.78 is 0. The van der Waals surface area contributed by atoms with Crippen molar-refractivity contribution in [2.75, 3.05) is 0 Å². The van der Waals surface area contributed by atoms with Gasteiger partial charge in [-0.1, -0.05) is 38.6 Å². The van der Waals surface area contributed by atoms with Gasteiger partial charge in [-0.25, -0.2) is 0 Å². The normalized spacial score (nSPS) is 11.9. The number of carbonyl (C=O) groups excluding carboxylic acids is 1. The lowest BCUT2D eigenvalue weighted by molar-refractivity contribution is -0.102. The van der Waals surface area contributed by atoms with Gasteiger partial charge in [-0.05, 0) is 12.5 Å². The highest BCUT2D eigenvalue weighted by Gasteiger charge is 2.02. The summed E-state index contributed by atoms with van der Waals surface area (Å²) in [5.74, 6) is 0. The largest absolute Gasteiger partial charge is 0.410 e. The van der Waals surface area contributed by atoms with Gasteiger partial charge in [0.15, 0.2) is 12.0 Å². The van der Waals surface area contributed by atoms with Gasteiger partial charge in [0.05, 0.1) is 5.71 Å². The molecule has 0 aliphatic heterocycles. The van der Waals surface area contributed by atoms with E-state index >= 15 is 0 Å². The molecule has 0 aliphatic carbocycles. The summed E-state index contributed by atoms with van der Waals surface area (Å²) in [4.78, 5) is 14.2. The lowest BCUT2D eigenvalue weighted by Crippen LogP contribution is -2.12. The van der Waals surface area contributed by atoms with Crippen LogP contribution >= 0.6 is 0 Å². The first-order chi connectivity index (χ1) is 7.29. The lowest BCUT2D eigenvalue weighted by atomic mass is 10.2. The molecular formula is C11H18N2O2. The summed E-state index contributed by atoms with van der Waals surface area (Å²) >= 11 is 0. The summed E-state index contributed by atoms with van der Waals surface area (Å²) in [5, 5.41) is 11.2. The van der Waals surface area contributed by atoms with Crippen LogP contribution in [0.3, 0.4) is 0 Å². The summed E-state index contributed by atoms with van der Waals surface area (Å²) in [7, 11) is 0. The van der Waals surface area contributed by atoms with E-state index in [0.29, 0.717) is 6.29 Å². The van der Waals surface area contributed by atoms with Crippen LogP contribution in [0.15, 0.2) is 35.1 Å². The molecule has 15 heavy (non-hydrogen) atoms. The van der Waals surface area contributed by atoms with Crippen LogP contribution < -0.4 is 0 Å². The number of aliphatic imine (C=N–C) groups is 1. The Bertz CT molecular complexity index is 266. The van der Waals surface area contributed by atoms with Crippen LogP contribution in [0.5, 0.6) is 0 Å². The van der Waals surface area contributed by atoms with E-state index in [1.165, 1.54) is 12.3 Å². The summed E-state index contributed by atoms with van der Waals surface area (Å²) in [6.07, 6.45) is 5.96. The van der Waals surface area contributed by atoms with Gasteiger partial charge in [0.1, 0.15) is 0 Å². The fourth-order valence-electron chi connectivity index (χ4n) is 0.597. The Morgan fingerprint density at radius 2 is 2.00 bits per heavy atom. The van der Waals surface area contributed by atoms with Gasteiger partial charge in [0.2, 0.25) is 0 Å². The third-order valence-corrected chi connectivity index (χ3v) is 1.23. The second kappa shape index (κ2) is 12.3. The molecule has 0 heterocycles. The van der Waals surface area contributed by atoms with E-state index < -0.39 is 0 Å². The van der Waals surface area contributed by atoms with E-state index in [9.17, 15) is 4.79 Å².